The van der Waals surface area contributed by atoms with Crippen molar-refractivity contribution in [1.29, 1.82) is 0 Å². The van der Waals surface area contributed by atoms with Crippen LogP contribution in [0.4, 0.5) is 0 Å². The van der Waals surface area contributed by atoms with Crippen molar-refractivity contribution in [2.24, 2.45) is 11.3 Å². The summed E-state index contributed by atoms with van der Waals surface area (Å²) in [5.74, 6) is 0.733. The number of rotatable bonds is 4. The van der Waals surface area contributed by atoms with Crippen LogP contribution in [0.25, 0.3) is 0 Å². The number of alkyl halides is 1. The Morgan fingerprint density at radius 2 is 1.80 bits per heavy atom. The van der Waals surface area contributed by atoms with Crippen molar-refractivity contribution in [2.45, 2.75) is 77.5 Å². The van der Waals surface area contributed by atoms with E-state index in [1.165, 1.54) is 41.9 Å². The quantitative estimate of drug-likeness (QED) is 0.529. The van der Waals surface area contributed by atoms with E-state index >= 15 is 0 Å². The van der Waals surface area contributed by atoms with Gasteiger partial charge in [-0.2, -0.15) is 0 Å². The summed E-state index contributed by atoms with van der Waals surface area (Å²) in [6, 6.07) is 4.57. The van der Waals surface area contributed by atoms with E-state index in [2.05, 4.69) is 46.8 Å². The molecule has 1 saturated carbocycles. The van der Waals surface area contributed by atoms with Crippen molar-refractivity contribution in [3.63, 3.8) is 0 Å². The maximum atomic E-state index is 6.99. The summed E-state index contributed by atoms with van der Waals surface area (Å²) in [5.41, 5.74) is 0.580. The van der Waals surface area contributed by atoms with Crippen LogP contribution in [0.2, 0.25) is 0 Å². The molecule has 0 amide bonds. The molecule has 0 saturated heterocycles. The van der Waals surface area contributed by atoms with Gasteiger partial charge in [-0.25, -0.2) is 0 Å². The van der Waals surface area contributed by atoms with E-state index in [0.717, 1.165) is 5.92 Å². The Labute approximate surface area is 133 Å². The van der Waals surface area contributed by atoms with Gasteiger partial charge >= 0.3 is 0 Å². The predicted octanol–water partition coefficient (Wildman–Crippen LogP) is 6.93. The fraction of sp³-hybridized carbons (Fsp3) is 0.778. The molecule has 0 N–H and O–H groups in total. The van der Waals surface area contributed by atoms with Gasteiger partial charge in [-0.05, 0) is 48.1 Å². The Hall–Kier alpha value is -0.0100. The summed E-state index contributed by atoms with van der Waals surface area (Å²) in [5, 5.41) is 0.202. The largest absolute Gasteiger partial charge is 0.143 e. The van der Waals surface area contributed by atoms with Crippen molar-refractivity contribution >= 4 is 22.9 Å². The van der Waals surface area contributed by atoms with Gasteiger partial charge in [0.25, 0.3) is 0 Å². The van der Waals surface area contributed by atoms with E-state index in [4.69, 9.17) is 11.6 Å². The predicted molar refractivity (Wildman–Crippen MR) is 92.0 cm³/mol. The molecule has 1 aliphatic carbocycles. The third kappa shape index (κ3) is 3.42. The molecule has 1 aromatic rings. The van der Waals surface area contributed by atoms with E-state index in [0.29, 0.717) is 5.41 Å². The van der Waals surface area contributed by atoms with Gasteiger partial charge in [-0.15, -0.1) is 22.9 Å². The molecule has 2 heteroatoms. The first-order valence-corrected chi connectivity index (χ1v) is 9.24. The van der Waals surface area contributed by atoms with E-state index in [1.54, 1.807) is 0 Å². The second kappa shape index (κ2) is 6.01. The Kier molecular flexibility index (Phi) is 4.91. The van der Waals surface area contributed by atoms with E-state index in [-0.39, 0.29) is 10.8 Å². The Balaban J connectivity index is 2.24. The Bertz CT molecular complexity index is 433. The molecular formula is C18H29ClS. The molecular weight excluding hydrogens is 284 g/mol. The molecule has 1 heterocycles. The van der Waals surface area contributed by atoms with Crippen LogP contribution in [0.5, 0.6) is 0 Å². The monoisotopic (exact) mass is 312 g/mol. The Morgan fingerprint density at radius 1 is 1.20 bits per heavy atom. The highest BCUT2D eigenvalue weighted by Gasteiger charge is 2.42. The summed E-state index contributed by atoms with van der Waals surface area (Å²) in [7, 11) is 0. The van der Waals surface area contributed by atoms with E-state index in [9.17, 15) is 0 Å². The van der Waals surface area contributed by atoms with Crippen molar-refractivity contribution in [2.75, 3.05) is 0 Å². The van der Waals surface area contributed by atoms with Crippen molar-refractivity contribution in [3.05, 3.63) is 21.9 Å². The zero-order valence-corrected chi connectivity index (χ0v) is 15.2. The van der Waals surface area contributed by atoms with Crippen LogP contribution in [-0.4, -0.2) is 0 Å². The van der Waals surface area contributed by atoms with E-state index < -0.39 is 0 Å². The fourth-order valence-corrected chi connectivity index (χ4v) is 5.35. The van der Waals surface area contributed by atoms with Crippen LogP contribution >= 0.6 is 22.9 Å². The average molecular weight is 313 g/mol. The fourth-order valence-electron chi connectivity index (χ4n) is 3.65. The third-order valence-corrected chi connectivity index (χ3v) is 6.97. The second-order valence-electron chi connectivity index (χ2n) is 7.98. The molecule has 0 spiro atoms. The highest BCUT2D eigenvalue weighted by atomic mass is 35.5. The first-order valence-electron chi connectivity index (χ1n) is 7.99. The van der Waals surface area contributed by atoms with Gasteiger partial charge in [0.05, 0.1) is 5.38 Å². The minimum absolute atomic E-state index is 0.202. The second-order valence-corrected chi connectivity index (χ2v) is 9.53. The molecule has 1 unspecified atom stereocenters. The maximum Gasteiger partial charge on any atom is 0.0734 e. The molecule has 2 rings (SSSR count). The minimum atomic E-state index is 0.202. The molecule has 0 radical (unpaired) electrons. The first kappa shape index (κ1) is 16.4. The van der Waals surface area contributed by atoms with Gasteiger partial charge < -0.3 is 0 Å². The van der Waals surface area contributed by atoms with Crippen LogP contribution in [0.3, 0.4) is 0 Å². The maximum absolute atomic E-state index is 6.99. The van der Waals surface area contributed by atoms with Crippen LogP contribution in [0.15, 0.2) is 12.1 Å². The van der Waals surface area contributed by atoms with Gasteiger partial charge in [0.15, 0.2) is 0 Å². The lowest BCUT2D eigenvalue weighted by atomic mass is 9.75. The molecule has 0 aliphatic heterocycles. The van der Waals surface area contributed by atoms with E-state index in [1.807, 2.05) is 11.3 Å². The van der Waals surface area contributed by atoms with Crippen LogP contribution in [0, 0.1) is 11.3 Å². The zero-order valence-electron chi connectivity index (χ0n) is 13.6. The lowest BCUT2D eigenvalue weighted by Crippen LogP contribution is -2.24. The first-order chi connectivity index (χ1) is 9.24. The summed E-state index contributed by atoms with van der Waals surface area (Å²) < 4.78 is 0. The van der Waals surface area contributed by atoms with Crippen LogP contribution in [0.1, 0.15) is 81.9 Å². The van der Waals surface area contributed by atoms with Crippen LogP contribution in [-0.2, 0) is 5.41 Å². The van der Waals surface area contributed by atoms with Gasteiger partial charge in [0, 0.05) is 9.75 Å². The SMILES string of the molecule is CC(C)CC1(C(Cl)c2ccc(C(C)(C)C)s2)CCCC1. The minimum Gasteiger partial charge on any atom is -0.143 e. The van der Waals surface area contributed by atoms with Crippen molar-refractivity contribution in [3.8, 4) is 0 Å². The van der Waals surface area contributed by atoms with Gasteiger partial charge in [0.2, 0.25) is 0 Å². The van der Waals surface area contributed by atoms with Gasteiger partial charge in [-0.1, -0.05) is 47.5 Å². The summed E-state index contributed by atoms with van der Waals surface area (Å²) in [6.07, 6.45) is 6.59. The number of halogens is 1. The molecule has 114 valence electrons. The number of thiophene rings is 1. The van der Waals surface area contributed by atoms with Crippen LogP contribution < -0.4 is 0 Å². The highest BCUT2D eigenvalue weighted by molar-refractivity contribution is 7.12. The zero-order chi connectivity index (χ0) is 15.0. The summed E-state index contributed by atoms with van der Waals surface area (Å²) in [6.45, 7) is 11.5. The summed E-state index contributed by atoms with van der Waals surface area (Å²) >= 11 is 8.92. The molecule has 1 fully saturated rings. The molecule has 0 aromatic carbocycles. The third-order valence-electron chi connectivity index (χ3n) is 4.57. The standard InChI is InChI=1S/C18H29ClS/c1-13(2)12-18(10-6-7-11-18)16(19)14-8-9-15(20-14)17(3,4)5/h8-9,13,16H,6-7,10-12H2,1-5H3. The van der Waals surface area contributed by atoms with Gasteiger partial charge in [-0.3, -0.25) is 0 Å². The summed E-state index contributed by atoms with van der Waals surface area (Å²) in [4.78, 5) is 2.84. The van der Waals surface area contributed by atoms with Crippen molar-refractivity contribution in [1.82, 2.24) is 0 Å². The van der Waals surface area contributed by atoms with Crippen molar-refractivity contribution < 1.29 is 0 Å². The molecule has 20 heavy (non-hydrogen) atoms. The molecule has 1 atom stereocenters. The normalized spacial score (nSPS) is 20.6. The molecule has 1 aromatic heterocycles. The number of hydrogen-bond donors (Lipinski definition) is 0. The molecule has 0 nitrogen and oxygen atoms in total. The molecule has 0 bridgehead atoms. The highest BCUT2D eigenvalue weighted by Crippen LogP contribution is 2.55. The topological polar surface area (TPSA) is 0 Å². The number of hydrogen-bond acceptors (Lipinski definition) is 1. The van der Waals surface area contributed by atoms with Gasteiger partial charge in [0.1, 0.15) is 0 Å². The molecule has 1 aliphatic rings. The Morgan fingerprint density at radius 3 is 2.25 bits per heavy atom. The lowest BCUT2D eigenvalue weighted by molar-refractivity contribution is 0.225. The smallest absolute Gasteiger partial charge is 0.0734 e. The lowest BCUT2D eigenvalue weighted by Gasteiger charge is -2.35. The average Bonchev–Trinajstić information content (AvgIpc) is 2.94.